The minimum Gasteiger partial charge on any atom is -0.487 e. The van der Waals surface area contributed by atoms with Gasteiger partial charge >= 0.3 is 0 Å². The molecule has 0 unspecified atom stereocenters. The summed E-state index contributed by atoms with van der Waals surface area (Å²) in [5.41, 5.74) is 2.32. The van der Waals surface area contributed by atoms with E-state index in [-0.39, 0.29) is 0 Å². The fraction of sp³-hybridized carbons (Fsp3) is 0.333. The lowest BCUT2D eigenvalue weighted by Gasteiger charge is -2.13. The Balaban J connectivity index is 1.69. The summed E-state index contributed by atoms with van der Waals surface area (Å²) < 4.78 is 5.90. The molecule has 2 aromatic rings. The third kappa shape index (κ3) is 3.50. The molecule has 2 nitrogen and oxygen atoms in total. The number of rotatable bonds is 6. The van der Waals surface area contributed by atoms with Crippen LogP contribution in [-0.4, -0.2) is 6.04 Å². The fourth-order valence-electron chi connectivity index (χ4n) is 1.93. The predicted octanol–water partition coefficient (Wildman–Crippen LogP) is 4.23. The molecule has 100 valence electrons. The third-order valence-corrected chi connectivity index (χ3v) is 4.20. The molecule has 1 aliphatic rings. The maximum atomic E-state index is 6.25. The first-order chi connectivity index (χ1) is 9.33. The maximum absolute atomic E-state index is 6.25. The van der Waals surface area contributed by atoms with Gasteiger partial charge in [0.1, 0.15) is 12.4 Å². The average molecular weight is 294 g/mol. The molecule has 0 aliphatic heterocycles. The van der Waals surface area contributed by atoms with Crippen molar-refractivity contribution < 1.29 is 4.74 Å². The van der Waals surface area contributed by atoms with Gasteiger partial charge in [0.15, 0.2) is 0 Å². The number of para-hydroxylation sites is 1. The quantitative estimate of drug-likeness (QED) is 0.860. The molecule has 0 radical (unpaired) electrons. The standard InChI is InChI=1S/C15H16ClNOS/c16-14-3-1-2-12(8-17-13-4-5-13)15(14)18-9-11-6-7-19-10-11/h1-3,6-7,10,13,17H,4-5,8-9H2. The van der Waals surface area contributed by atoms with E-state index in [1.807, 2.05) is 12.1 Å². The first-order valence-electron chi connectivity index (χ1n) is 6.47. The molecule has 4 heteroatoms. The van der Waals surface area contributed by atoms with Gasteiger partial charge in [-0.15, -0.1) is 0 Å². The van der Waals surface area contributed by atoms with Gasteiger partial charge in [-0.3, -0.25) is 0 Å². The molecule has 0 atom stereocenters. The van der Waals surface area contributed by atoms with E-state index in [1.165, 1.54) is 18.4 Å². The van der Waals surface area contributed by atoms with Gasteiger partial charge in [0.25, 0.3) is 0 Å². The number of hydrogen-bond acceptors (Lipinski definition) is 3. The van der Waals surface area contributed by atoms with Crippen LogP contribution in [0.5, 0.6) is 5.75 Å². The van der Waals surface area contributed by atoms with Crippen LogP contribution in [-0.2, 0) is 13.2 Å². The topological polar surface area (TPSA) is 21.3 Å². The van der Waals surface area contributed by atoms with Crippen molar-refractivity contribution >= 4 is 22.9 Å². The van der Waals surface area contributed by atoms with Crippen molar-refractivity contribution in [2.45, 2.75) is 32.0 Å². The van der Waals surface area contributed by atoms with Gasteiger partial charge in [-0.25, -0.2) is 0 Å². The SMILES string of the molecule is Clc1cccc(CNC2CC2)c1OCc1ccsc1. The van der Waals surface area contributed by atoms with E-state index < -0.39 is 0 Å². The molecule has 0 bridgehead atoms. The van der Waals surface area contributed by atoms with Crippen LogP contribution in [0.2, 0.25) is 5.02 Å². The molecule has 0 amide bonds. The van der Waals surface area contributed by atoms with Crippen molar-refractivity contribution in [3.05, 3.63) is 51.2 Å². The highest BCUT2D eigenvalue weighted by atomic mass is 35.5. The van der Waals surface area contributed by atoms with Gasteiger partial charge in [-0.05, 0) is 41.3 Å². The zero-order chi connectivity index (χ0) is 13.1. The fourth-order valence-corrected chi connectivity index (χ4v) is 2.83. The molecule has 0 spiro atoms. The maximum Gasteiger partial charge on any atom is 0.142 e. The molecule has 3 rings (SSSR count). The van der Waals surface area contributed by atoms with Crippen LogP contribution in [0.15, 0.2) is 35.0 Å². The van der Waals surface area contributed by atoms with Crippen molar-refractivity contribution in [1.82, 2.24) is 5.32 Å². The Kier molecular flexibility index (Phi) is 4.06. The summed E-state index contributed by atoms with van der Waals surface area (Å²) >= 11 is 7.93. The van der Waals surface area contributed by atoms with E-state index >= 15 is 0 Å². The van der Waals surface area contributed by atoms with Crippen molar-refractivity contribution in [2.24, 2.45) is 0 Å². The molecule has 1 fully saturated rings. The van der Waals surface area contributed by atoms with Crippen LogP contribution in [0, 0.1) is 0 Å². The lowest BCUT2D eigenvalue weighted by atomic mass is 10.2. The van der Waals surface area contributed by atoms with Crippen LogP contribution in [0.1, 0.15) is 24.0 Å². The van der Waals surface area contributed by atoms with Crippen LogP contribution >= 0.6 is 22.9 Å². The highest BCUT2D eigenvalue weighted by molar-refractivity contribution is 7.07. The highest BCUT2D eigenvalue weighted by Crippen LogP contribution is 2.30. The van der Waals surface area contributed by atoms with Crippen molar-refractivity contribution in [2.75, 3.05) is 0 Å². The smallest absolute Gasteiger partial charge is 0.142 e. The van der Waals surface area contributed by atoms with Crippen molar-refractivity contribution in [3.8, 4) is 5.75 Å². The Hall–Kier alpha value is -1.03. The monoisotopic (exact) mass is 293 g/mol. The second kappa shape index (κ2) is 5.95. The lowest BCUT2D eigenvalue weighted by molar-refractivity contribution is 0.303. The number of thiophene rings is 1. The number of ether oxygens (including phenoxy) is 1. The number of benzene rings is 1. The van der Waals surface area contributed by atoms with Crippen LogP contribution < -0.4 is 10.1 Å². The summed E-state index contributed by atoms with van der Waals surface area (Å²) in [5, 5.41) is 8.34. The molecule has 1 saturated carbocycles. The summed E-state index contributed by atoms with van der Waals surface area (Å²) in [6.07, 6.45) is 2.57. The second-order valence-electron chi connectivity index (χ2n) is 4.80. The average Bonchev–Trinajstić information content (AvgIpc) is 3.10. The van der Waals surface area contributed by atoms with Gasteiger partial charge in [0.05, 0.1) is 5.02 Å². The van der Waals surface area contributed by atoms with Gasteiger partial charge < -0.3 is 10.1 Å². The molecule has 1 aromatic heterocycles. The van der Waals surface area contributed by atoms with E-state index in [2.05, 4.69) is 28.2 Å². The molecule has 1 aromatic carbocycles. The number of nitrogens with one attached hydrogen (secondary N) is 1. The van der Waals surface area contributed by atoms with Gasteiger partial charge in [0.2, 0.25) is 0 Å². The molecule has 0 saturated heterocycles. The van der Waals surface area contributed by atoms with Crippen LogP contribution in [0.4, 0.5) is 0 Å². The number of halogens is 1. The van der Waals surface area contributed by atoms with E-state index in [1.54, 1.807) is 11.3 Å². The Bertz CT molecular complexity index is 537. The van der Waals surface area contributed by atoms with Crippen LogP contribution in [0.3, 0.4) is 0 Å². The number of hydrogen-bond donors (Lipinski definition) is 1. The van der Waals surface area contributed by atoms with Gasteiger partial charge in [-0.1, -0.05) is 23.7 Å². The van der Waals surface area contributed by atoms with E-state index in [0.717, 1.165) is 17.9 Å². The second-order valence-corrected chi connectivity index (χ2v) is 5.99. The highest BCUT2D eigenvalue weighted by Gasteiger charge is 2.21. The first-order valence-corrected chi connectivity index (χ1v) is 7.79. The Morgan fingerprint density at radius 1 is 1.32 bits per heavy atom. The van der Waals surface area contributed by atoms with Crippen LogP contribution in [0.25, 0.3) is 0 Å². The summed E-state index contributed by atoms with van der Waals surface area (Å²) in [6, 6.07) is 8.69. The summed E-state index contributed by atoms with van der Waals surface area (Å²) in [5.74, 6) is 0.809. The molecular weight excluding hydrogens is 278 g/mol. The molecule has 1 N–H and O–H groups in total. The minimum absolute atomic E-state index is 0.573. The zero-order valence-corrected chi connectivity index (χ0v) is 12.1. The van der Waals surface area contributed by atoms with E-state index in [9.17, 15) is 0 Å². The molecule has 19 heavy (non-hydrogen) atoms. The molecule has 1 aliphatic carbocycles. The molecular formula is C15H16ClNOS. The largest absolute Gasteiger partial charge is 0.487 e. The van der Waals surface area contributed by atoms with Gasteiger partial charge in [-0.2, -0.15) is 11.3 Å². The van der Waals surface area contributed by atoms with E-state index in [4.69, 9.17) is 16.3 Å². The first kappa shape index (κ1) is 13.0. The van der Waals surface area contributed by atoms with Gasteiger partial charge in [0, 0.05) is 18.2 Å². The Morgan fingerprint density at radius 2 is 2.21 bits per heavy atom. The Morgan fingerprint density at radius 3 is 2.95 bits per heavy atom. The normalized spacial score (nSPS) is 14.6. The zero-order valence-electron chi connectivity index (χ0n) is 10.6. The Labute approximate surface area is 122 Å². The predicted molar refractivity (Wildman–Crippen MR) is 80.0 cm³/mol. The van der Waals surface area contributed by atoms with Crippen molar-refractivity contribution in [3.63, 3.8) is 0 Å². The lowest BCUT2D eigenvalue weighted by Crippen LogP contribution is -2.16. The third-order valence-electron chi connectivity index (χ3n) is 3.17. The van der Waals surface area contributed by atoms with Crippen molar-refractivity contribution in [1.29, 1.82) is 0 Å². The summed E-state index contributed by atoms with van der Waals surface area (Å²) in [6.45, 7) is 1.40. The van der Waals surface area contributed by atoms with E-state index in [0.29, 0.717) is 17.7 Å². The minimum atomic E-state index is 0.573. The summed E-state index contributed by atoms with van der Waals surface area (Å²) in [7, 11) is 0. The summed E-state index contributed by atoms with van der Waals surface area (Å²) in [4.78, 5) is 0. The molecule has 1 heterocycles.